The largest absolute Gasteiger partial charge is 0.463 e. The van der Waals surface area contributed by atoms with Gasteiger partial charge in [0.1, 0.15) is 24.7 Å². The highest BCUT2D eigenvalue weighted by Gasteiger charge is 2.51. The summed E-state index contributed by atoms with van der Waals surface area (Å²) in [5.74, 6) is -0.190. The zero-order valence-corrected chi connectivity index (χ0v) is 17.3. The molecule has 0 spiro atoms. The molecule has 0 unspecified atom stereocenters. The third kappa shape index (κ3) is 6.36. The van der Waals surface area contributed by atoms with Crippen molar-refractivity contribution in [3.8, 4) is 0 Å². The fourth-order valence-electron chi connectivity index (χ4n) is 3.08. The summed E-state index contributed by atoms with van der Waals surface area (Å²) in [7, 11) is 3.32. The number of Topliss-reactive ketones (excluding diaryl/α,β-unsaturated/α-hetero) is 1. The number of hydrogen-bond acceptors (Lipinski definition) is 9. The number of ketones is 1. The minimum atomic E-state index is -1.27. The zero-order valence-electron chi connectivity index (χ0n) is 15.7. The number of rotatable bonds is 11. The van der Waals surface area contributed by atoms with Gasteiger partial charge in [-0.15, -0.1) is 0 Å². The van der Waals surface area contributed by atoms with E-state index < -0.39 is 42.2 Å². The predicted octanol–water partition coefficient (Wildman–Crippen LogP) is -0.161. The molecule has 2 rings (SSSR count). The summed E-state index contributed by atoms with van der Waals surface area (Å²) in [4.78, 5) is 47.4. The SMILES string of the molecule is CC(=O)CCCSSCCCC(=O)OC[C@@H]1C[C@H](O)[C@H](O)[C@H]2NC(=O)C(=O)N12. The fourth-order valence-corrected chi connectivity index (χ4v) is 5.25. The van der Waals surface area contributed by atoms with Crippen LogP contribution in [0.3, 0.4) is 0 Å². The van der Waals surface area contributed by atoms with Crippen LogP contribution in [0.15, 0.2) is 0 Å². The van der Waals surface area contributed by atoms with E-state index in [1.54, 1.807) is 28.5 Å². The van der Waals surface area contributed by atoms with E-state index in [2.05, 4.69) is 5.32 Å². The van der Waals surface area contributed by atoms with Crippen LogP contribution < -0.4 is 5.32 Å². The van der Waals surface area contributed by atoms with Crippen molar-refractivity contribution in [1.29, 1.82) is 0 Å². The first-order valence-corrected chi connectivity index (χ1v) is 11.7. The average Bonchev–Trinajstić information content (AvgIpc) is 2.94. The van der Waals surface area contributed by atoms with Crippen LogP contribution in [0.25, 0.3) is 0 Å². The van der Waals surface area contributed by atoms with Crippen LogP contribution in [-0.2, 0) is 23.9 Å². The quantitative estimate of drug-likeness (QED) is 0.175. The number of nitrogens with zero attached hydrogens (tertiary/aromatic N) is 1. The Kier molecular flexibility index (Phi) is 9.06. The van der Waals surface area contributed by atoms with Crippen molar-refractivity contribution in [1.82, 2.24) is 10.2 Å². The molecule has 0 aromatic heterocycles. The Bertz CT molecular complexity index is 604. The second kappa shape index (κ2) is 11.0. The molecule has 2 heterocycles. The molecule has 28 heavy (non-hydrogen) atoms. The first-order valence-electron chi connectivity index (χ1n) is 9.20. The van der Waals surface area contributed by atoms with Gasteiger partial charge in [-0.25, -0.2) is 0 Å². The standard InChI is InChI=1S/C17H26N2O7S2/c1-10(20)4-2-6-27-28-7-3-5-13(22)26-9-11-8-12(21)14(23)15-18-16(24)17(25)19(11)15/h11-12,14-15,21,23H,2-9H2,1H3,(H,18,24)/t11-,12-,14-,15-/m0/s1. The first-order chi connectivity index (χ1) is 13.3. The van der Waals surface area contributed by atoms with E-state index in [4.69, 9.17) is 4.74 Å². The number of carbonyl (C=O) groups excluding carboxylic acids is 4. The number of carbonyl (C=O) groups is 4. The molecule has 11 heteroatoms. The zero-order chi connectivity index (χ0) is 20.7. The van der Waals surface area contributed by atoms with Crippen molar-refractivity contribution in [2.75, 3.05) is 18.1 Å². The summed E-state index contributed by atoms with van der Waals surface area (Å²) in [6.07, 6.45) is -1.05. The molecule has 158 valence electrons. The maximum atomic E-state index is 12.0. The van der Waals surface area contributed by atoms with Gasteiger partial charge in [-0.1, -0.05) is 21.6 Å². The third-order valence-electron chi connectivity index (χ3n) is 4.52. The van der Waals surface area contributed by atoms with Crippen molar-refractivity contribution in [2.45, 2.75) is 63.4 Å². The highest BCUT2D eigenvalue weighted by atomic mass is 33.1. The molecule has 0 aromatic rings. The first kappa shape index (κ1) is 23.0. The smallest absolute Gasteiger partial charge is 0.314 e. The van der Waals surface area contributed by atoms with Gasteiger partial charge < -0.3 is 30.0 Å². The molecule has 2 amide bonds. The Morgan fingerprint density at radius 2 is 1.82 bits per heavy atom. The highest BCUT2D eigenvalue weighted by molar-refractivity contribution is 8.76. The van der Waals surface area contributed by atoms with Crippen molar-refractivity contribution in [2.24, 2.45) is 0 Å². The maximum Gasteiger partial charge on any atom is 0.314 e. The molecule has 4 atom stereocenters. The number of esters is 1. The lowest BCUT2D eigenvalue weighted by molar-refractivity contribution is -0.158. The molecule has 2 fully saturated rings. The van der Waals surface area contributed by atoms with E-state index in [1.807, 2.05) is 0 Å². The second-order valence-electron chi connectivity index (χ2n) is 6.81. The van der Waals surface area contributed by atoms with Gasteiger partial charge in [0.05, 0.1) is 12.1 Å². The van der Waals surface area contributed by atoms with Crippen LogP contribution in [0, 0.1) is 0 Å². The average molecular weight is 435 g/mol. The summed E-state index contributed by atoms with van der Waals surface area (Å²) in [6.45, 7) is 1.44. The number of aliphatic hydroxyl groups excluding tert-OH is 2. The minimum absolute atomic E-state index is 0.0262. The summed E-state index contributed by atoms with van der Waals surface area (Å²) in [6, 6.07) is -0.662. The summed E-state index contributed by atoms with van der Waals surface area (Å²) < 4.78 is 5.21. The fraction of sp³-hybridized carbons (Fsp3) is 0.765. The van der Waals surface area contributed by atoms with Crippen molar-refractivity contribution in [3.63, 3.8) is 0 Å². The molecule has 0 saturated carbocycles. The summed E-state index contributed by atoms with van der Waals surface area (Å²) in [5.41, 5.74) is 0. The van der Waals surface area contributed by atoms with Crippen LogP contribution in [0.1, 0.15) is 39.0 Å². The van der Waals surface area contributed by atoms with Crippen molar-refractivity contribution >= 4 is 45.2 Å². The lowest BCUT2D eigenvalue weighted by Gasteiger charge is -2.41. The Morgan fingerprint density at radius 3 is 2.46 bits per heavy atom. The number of amides is 2. The van der Waals surface area contributed by atoms with Gasteiger partial charge in [0.2, 0.25) is 0 Å². The molecule has 9 nitrogen and oxygen atoms in total. The van der Waals surface area contributed by atoms with Gasteiger partial charge in [-0.2, -0.15) is 0 Å². The van der Waals surface area contributed by atoms with Crippen LogP contribution in [0.2, 0.25) is 0 Å². The van der Waals surface area contributed by atoms with Gasteiger partial charge in [0, 0.05) is 24.3 Å². The Balaban J connectivity index is 1.64. The Labute approximate surface area is 171 Å². The topological polar surface area (TPSA) is 133 Å². The Hall–Kier alpha value is -1.30. The van der Waals surface area contributed by atoms with Crippen LogP contribution in [0.5, 0.6) is 0 Å². The number of nitrogens with one attached hydrogen (secondary N) is 1. The van der Waals surface area contributed by atoms with Gasteiger partial charge in [0.15, 0.2) is 0 Å². The van der Waals surface area contributed by atoms with Crippen LogP contribution in [-0.4, -0.2) is 81.2 Å². The van der Waals surface area contributed by atoms with Crippen LogP contribution in [0.4, 0.5) is 0 Å². The van der Waals surface area contributed by atoms with Crippen LogP contribution >= 0.6 is 21.6 Å². The normalized spacial score (nSPS) is 26.8. The molecule has 0 radical (unpaired) electrons. The van der Waals surface area contributed by atoms with Crippen molar-refractivity contribution < 1.29 is 34.1 Å². The molecular formula is C17H26N2O7S2. The van der Waals surface area contributed by atoms with Gasteiger partial charge in [0.25, 0.3) is 0 Å². The third-order valence-corrected chi connectivity index (χ3v) is 7.09. The van der Waals surface area contributed by atoms with E-state index in [0.29, 0.717) is 12.8 Å². The van der Waals surface area contributed by atoms with E-state index in [1.165, 1.54) is 0 Å². The number of piperidine rings is 1. The number of hydrogen-bond donors (Lipinski definition) is 3. The molecule has 0 aliphatic carbocycles. The number of aliphatic hydroxyl groups is 2. The Morgan fingerprint density at radius 1 is 1.18 bits per heavy atom. The van der Waals surface area contributed by atoms with E-state index in [9.17, 15) is 29.4 Å². The number of ether oxygens (including phenoxy) is 1. The number of fused-ring (bicyclic) bond motifs is 1. The highest BCUT2D eigenvalue weighted by Crippen LogP contribution is 2.27. The van der Waals surface area contributed by atoms with Gasteiger partial charge >= 0.3 is 17.8 Å². The molecule has 2 aliphatic rings. The molecule has 0 bridgehead atoms. The lowest BCUT2D eigenvalue weighted by atomic mass is 9.95. The second-order valence-corrected chi connectivity index (χ2v) is 9.52. The van der Waals surface area contributed by atoms with E-state index >= 15 is 0 Å². The van der Waals surface area contributed by atoms with Gasteiger partial charge in [-0.05, 0) is 26.2 Å². The molecule has 2 saturated heterocycles. The summed E-state index contributed by atoms with van der Waals surface area (Å²) in [5, 5.41) is 22.2. The predicted molar refractivity (Wildman–Crippen MR) is 104 cm³/mol. The maximum absolute atomic E-state index is 12.0. The van der Waals surface area contributed by atoms with E-state index in [-0.39, 0.29) is 25.2 Å². The van der Waals surface area contributed by atoms with Gasteiger partial charge in [-0.3, -0.25) is 14.4 Å². The minimum Gasteiger partial charge on any atom is -0.463 e. The van der Waals surface area contributed by atoms with E-state index in [0.717, 1.165) is 22.8 Å². The van der Waals surface area contributed by atoms with Crippen molar-refractivity contribution in [3.05, 3.63) is 0 Å². The molecular weight excluding hydrogens is 408 g/mol. The lowest BCUT2D eigenvalue weighted by Crippen LogP contribution is -2.61. The molecule has 2 aliphatic heterocycles. The monoisotopic (exact) mass is 434 g/mol. The molecule has 3 N–H and O–H groups in total. The summed E-state index contributed by atoms with van der Waals surface area (Å²) >= 11 is 0. The molecule has 0 aromatic carbocycles.